The summed E-state index contributed by atoms with van der Waals surface area (Å²) in [5, 5.41) is 11.7. The van der Waals surface area contributed by atoms with Crippen molar-refractivity contribution in [2.45, 2.75) is 290 Å². The van der Waals surface area contributed by atoms with Crippen molar-refractivity contribution in [3.63, 3.8) is 0 Å². The monoisotopic (exact) mass is 979 g/mol. The van der Waals surface area contributed by atoms with Crippen molar-refractivity contribution in [3.8, 4) is 0 Å². The van der Waals surface area contributed by atoms with E-state index in [4.69, 9.17) is 4.74 Å². The zero-order valence-corrected chi connectivity index (χ0v) is 46.1. The van der Waals surface area contributed by atoms with Gasteiger partial charge in [0.1, 0.15) is 0 Å². The Balaban J connectivity index is 3.59. The van der Waals surface area contributed by atoms with Gasteiger partial charge in [0.25, 0.3) is 0 Å². The molecule has 0 amide bonds. The molecule has 0 spiro atoms. The maximum atomic E-state index is 12.2. The SMILES string of the molecule is CCCCC/C=C\C/C=C\CCCCCCCCN(O)CCCCCCCCCC(=O)OCCCCCCCCCCCN(CCCCCCCC/C=C\CCCCCCCC)CCP(=O)(O)O. The molecule has 0 bridgehead atoms. The smallest absolute Gasteiger partial charge is 0.326 e. The summed E-state index contributed by atoms with van der Waals surface area (Å²) in [4.78, 5) is 33.4. The van der Waals surface area contributed by atoms with Crippen LogP contribution in [-0.4, -0.2) is 76.4 Å². The summed E-state index contributed by atoms with van der Waals surface area (Å²) >= 11 is 0. The van der Waals surface area contributed by atoms with Crippen LogP contribution >= 0.6 is 7.60 Å². The molecule has 0 radical (unpaired) electrons. The quantitative estimate of drug-likeness (QED) is 0.0182. The van der Waals surface area contributed by atoms with E-state index >= 15 is 0 Å². The number of hydrogen-bond donors (Lipinski definition) is 3. The van der Waals surface area contributed by atoms with Crippen molar-refractivity contribution in [2.75, 3.05) is 45.5 Å². The van der Waals surface area contributed by atoms with Crippen molar-refractivity contribution in [3.05, 3.63) is 36.5 Å². The molecule has 0 heterocycles. The Hall–Kier alpha value is -1.28. The minimum atomic E-state index is -3.97. The number of unbranched alkanes of at least 4 members (excludes halogenated alkanes) is 35. The molecule has 0 atom stereocenters. The molecule has 0 aliphatic rings. The van der Waals surface area contributed by atoms with Crippen LogP contribution in [0.4, 0.5) is 0 Å². The third-order valence-electron chi connectivity index (χ3n) is 13.5. The van der Waals surface area contributed by atoms with Crippen LogP contribution in [0.1, 0.15) is 290 Å². The summed E-state index contributed by atoms with van der Waals surface area (Å²) in [6.07, 6.45) is 65.8. The van der Waals surface area contributed by atoms with Crippen LogP contribution in [0.3, 0.4) is 0 Å². The highest BCUT2D eigenvalue weighted by Crippen LogP contribution is 2.33. The van der Waals surface area contributed by atoms with Crippen molar-refractivity contribution in [2.24, 2.45) is 0 Å². The summed E-state index contributed by atoms with van der Waals surface area (Å²) in [5.41, 5.74) is 0. The van der Waals surface area contributed by atoms with E-state index in [0.29, 0.717) is 19.6 Å². The predicted molar refractivity (Wildman–Crippen MR) is 295 cm³/mol. The van der Waals surface area contributed by atoms with E-state index in [-0.39, 0.29) is 12.1 Å². The Morgan fingerprint density at radius 3 is 1.16 bits per heavy atom. The highest BCUT2D eigenvalue weighted by atomic mass is 31.2. The van der Waals surface area contributed by atoms with Gasteiger partial charge in [-0.15, -0.1) is 0 Å². The highest BCUT2D eigenvalue weighted by Gasteiger charge is 2.15. The minimum Gasteiger partial charge on any atom is -0.466 e. The van der Waals surface area contributed by atoms with Gasteiger partial charge in [-0.25, -0.2) is 0 Å². The van der Waals surface area contributed by atoms with Crippen LogP contribution in [0.2, 0.25) is 0 Å². The van der Waals surface area contributed by atoms with Crippen LogP contribution in [0.25, 0.3) is 0 Å². The van der Waals surface area contributed by atoms with Gasteiger partial charge in [0.15, 0.2) is 0 Å². The zero-order valence-electron chi connectivity index (χ0n) is 45.2. The van der Waals surface area contributed by atoms with Crippen LogP contribution in [-0.2, 0) is 14.1 Å². The average molecular weight is 980 g/mol. The third kappa shape index (κ3) is 57.3. The Morgan fingerprint density at radius 2 is 0.735 bits per heavy atom. The molecule has 68 heavy (non-hydrogen) atoms. The van der Waals surface area contributed by atoms with Gasteiger partial charge in [0, 0.05) is 26.1 Å². The Labute approximate surface area is 422 Å². The van der Waals surface area contributed by atoms with E-state index in [1.165, 1.54) is 211 Å². The number of carbonyl (C=O) groups excluding carboxylic acids is 1. The molecule has 0 aliphatic heterocycles. The number of carbonyl (C=O) groups is 1. The first-order chi connectivity index (χ1) is 33.3. The molecule has 0 rings (SSSR count). The molecular formula is C59H115N2O6P. The second-order valence-corrected chi connectivity index (χ2v) is 22.1. The number of allylic oxidation sites excluding steroid dienone is 6. The Morgan fingerprint density at radius 1 is 0.412 bits per heavy atom. The van der Waals surface area contributed by atoms with E-state index in [9.17, 15) is 24.4 Å². The minimum absolute atomic E-state index is 0.0378. The summed E-state index contributed by atoms with van der Waals surface area (Å²) in [5.74, 6) is -0.0452. The van der Waals surface area contributed by atoms with Gasteiger partial charge in [-0.1, -0.05) is 224 Å². The molecule has 0 fully saturated rings. The van der Waals surface area contributed by atoms with Crippen molar-refractivity contribution in [1.29, 1.82) is 0 Å². The third-order valence-corrected chi connectivity index (χ3v) is 14.3. The van der Waals surface area contributed by atoms with Gasteiger partial charge in [-0.2, -0.15) is 5.06 Å². The predicted octanol–water partition coefficient (Wildman–Crippen LogP) is 18.2. The molecule has 9 heteroatoms. The number of esters is 1. The summed E-state index contributed by atoms with van der Waals surface area (Å²) in [7, 11) is -3.97. The zero-order chi connectivity index (χ0) is 49.5. The van der Waals surface area contributed by atoms with Crippen LogP contribution in [0, 0.1) is 0 Å². The van der Waals surface area contributed by atoms with Crippen molar-refractivity contribution < 1.29 is 29.1 Å². The summed E-state index contributed by atoms with van der Waals surface area (Å²) in [6.45, 7) is 9.02. The van der Waals surface area contributed by atoms with E-state index in [0.717, 1.165) is 90.4 Å². The van der Waals surface area contributed by atoms with Crippen LogP contribution < -0.4 is 0 Å². The number of rotatable bonds is 56. The van der Waals surface area contributed by atoms with Gasteiger partial charge >= 0.3 is 13.6 Å². The van der Waals surface area contributed by atoms with E-state index in [1.807, 2.05) is 0 Å². The maximum Gasteiger partial charge on any atom is 0.326 e. The largest absolute Gasteiger partial charge is 0.466 e. The molecule has 0 saturated carbocycles. The van der Waals surface area contributed by atoms with E-state index in [2.05, 4.69) is 55.2 Å². The molecule has 0 aromatic carbocycles. The lowest BCUT2D eigenvalue weighted by Crippen LogP contribution is -2.29. The van der Waals surface area contributed by atoms with Gasteiger partial charge in [0.2, 0.25) is 0 Å². The fraction of sp³-hybridized carbons (Fsp3) is 0.881. The normalized spacial score (nSPS) is 12.4. The lowest BCUT2D eigenvalue weighted by molar-refractivity contribution is -0.143. The summed E-state index contributed by atoms with van der Waals surface area (Å²) < 4.78 is 17.0. The van der Waals surface area contributed by atoms with Gasteiger partial charge in [-0.3, -0.25) is 9.36 Å². The number of hydroxylamine groups is 2. The molecule has 0 aromatic rings. The fourth-order valence-corrected chi connectivity index (χ4v) is 9.51. The average Bonchev–Trinajstić information content (AvgIpc) is 3.32. The van der Waals surface area contributed by atoms with Gasteiger partial charge in [-0.05, 0) is 109 Å². The first-order valence-electron chi connectivity index (χ1n) is 29.6. The Kier molecular flexibility index (Phi) is 54.0. The number of hydrogen-bond acceptors (Lipinski definition) is 6. The summed E-state index contributed by atoms with van der Waals surface area (Å²) in [6, 6.07) is 0. The van der Waals surface area contributed by atoms with Gasteiger partial charge in [0.05, 0.1) is 12.8 Å². The molecule has 0 saturated heterocycles. The molecule has 0 unspecified atom stereocenters. The van der Waals surface area contributed by atoms with E-state index < -0.39 is 7.60 Å². The standard InChI is InChI=1S/C59H115N2O6P/c1-3-5-7-9-11-13-15-17-19-21-23-25-28-34-40-46-52-60(56-58-68(64,65)66)53-47-41-35-29-27-31-38-44-50-57-67-59(62)51-45-39-33-32-37-43-49-55-61(63)54-48-42-36-30-26-24-22-20-18-16-14-12-10-8-6-4-2/h12,14,17-20,63H,3-11,13,15-16,21-58H2,1-2H3,(H2,64,65,66)/b14-12-,19-17-,20-18-. The topological polar surface area (TPSA) is 111 Å². The van der Waals surface area contributed by atoms with Crippen LogP contribution in [0.5, 0.6) is 0 Å². The molecule has 0 aromatic heterocycles. The first kappa shape index (κ1) is 66.7. The molecule has 402 valence electrons. The molecule has 0 aliphatic carbocycles. The lowest BCUT2D eigenvalue weighted by Gasteiger charge is -2.22. The Bertz CT molecular complexity index is 1160. The van der Waals surface area contributed by atoms with E-state index in [1.54, 1.807) is 0 Å². The van der Waals surface area contributed by atoms with Crippen molar-refractivity contribution in [1.82, 2.24) is 9.96 Å². The number of nitrogens with zero attached hydrogens (tertiary/aromatic N) is 2. The fourth-order valence-electron chi connectivity index (χ4n) is 8.96. The maximum absolute atomic E-state index is 12.2. The van der Waals surface area contributed by atoms with Gasteiger partial charge < -0.3 is 24.6 Å². The lowest BCUT2D eigenvalue weighted by atomic mass is 10.1. The molecule has 8 nitrogen and oxygen atoms in total. The highest BCUT2D eigenvalue weighted by molar-refractivity contribution is 7.51. The molecular weight excluding hydrogens is 864 g/mol. The first-order valence-corrected chi connectivity index (χ1v) is 31.4. The van der Waals surface area contributed by atoms with Crippen molar-refractivity contribution >= 4 is 13.6 Å². The second-order valence-electron chi connectivity index (χ2n) is 20.3. The number of ether oxygens (including phenoxy) is 1. The second kappa shape index (κ2) is 55.0. The molecule has 3 N–H and O–H groups in total. The van der Waals surface area contributed by atoms with Crippen LogP contribution in [0.15, 0.2) is 36.5 Å².